The molecule has 6 nitrogen and oxygen atoms in total. The summed E-state index contributed by atoms with van der Waals surface area (Å²) in [5.74, 6) is 2.07. The zero-order chi connectivity index (χ0) is 17.8. The maximum absolute atomic E-state index is 12.3. The molecular formula is C19H19N3O3S. The van der Waals surface area contributed by atoms with Gasteiger partial charge in [0.05, 0.1) is 17.5 Å². The van der Waals surface area contributed by atoms with Crippen molar-refractivity contribution in [3.8, 4) is 16.5 Å². The van der Waals surface area contributed by atoms with Crippen molar-refractivity contribution in [1.82, 2.24) is 15.5 Å². The molecule has 1 aliphatic rings. The molecule has 0 bridgehead atoms. The number of nitrogens with zero attached hydrogens (tertiary/aromatic N) is 2. The van der Waals surface area contributed by atoms with Crippen LogP contribution in [0.4, 0.5) is 0 Å². The molecule has 1 aliphatic heterocycles. The molecule has 3 heterocycles. The lowest BCUT2D eigenvalue weighted by Crippen LogP contribution is -2.32. The molecule has 7 heteroatoms. The number of aromatic nitrogens is 2. The van der Waals surface area contributed by atoms with E-state index >= 15 is 0 Å². The van der Waals surface area contributed by atoms with Crippen LogP contribution in [0.25, 0.3) is 10.7 Å². The van der Waals surface area contributed by atoms with E-state index in [-0.39, 0.29) is 11.9 Å². The number of fused-ring (bicyclic) bond motifs is 1. The van der Waals surface area contributed by atoms with Crippen LogP contribution in [0.2, 0.25) is 0 Å². The van der Waals surface area contributed by atoms with Crippen molar-refractivity contribution < 1.29 is 14.1 Å². The fourth-order valence-corrected chi connectivity index (χ4v) is 3.67. The number of thiophene rings is 1. The van der Waals surface area contributed by atoms with E-state index in [0.29, 0.717) is 37.6 Å². The summed E-state index contributed by atoms with van der Waals surface area (Å²) >= 11 is 1.57. The van der Waals surface area contributed by atoms with E-state index in [2.05, 4.69) is 15.5 Å². The van der Waals surface area contributed by atoms with Gasteiger partial charge in [-0.15, -0.1) is 11.3 Å². The fourth-order valence-electron chi connectivity index (χ4n) is 3.02. The number of hydrogen-bond donors (Lipinski definition) is 1. The highest BCUT2D eigenvalue weighted by Gasteiger charge is 2.22. The van der Waals surface area contributed by atoms with Crippen molar-refractivity contribution in [2.75, 3.05) is 6.61 Å². The first-order valence-corrected chi connectivity index (χ1v) is 9.55. The van der Waals surface area contributed by atoms with Crippen molar-refractivity contribution in [2.45, 2.75) is 31.7 Å². The van der Waals surface area contributed by atoms with Gasteiger partial charge in [0.1, 0.15) is 5.75 Å². The quantitative estimate of drug-likeness (QED) is 0.716. The number of nitrogens with one attached hydrogen (secondary N) is 1. The highest BCUT2D eigenvalue weighted by Crippen LogP contribution is 2.31. The Morgan fingerprint density at radius 2 is 2.19 bits per heavy atom. The minimum atomic E-state index is 0.0151. The average molecular weight is 369 g/mol. The lowest BCUT2D eigenvalue weighted by molar-refractivity contribution is -0.122. The first-order valence-electron chi connectivity index (χ1n) is 8.67. The predicted molar refractivity (Wildman–Crippen MR) is 98.0 cm³/mol. The molecule has 0 aliphatic carbocycles. The molecule has 1 aromatic carbocycles. The number of benzene rings is 1. The van der Waals surface area contributed by atoms with Crippen LogP contribution in [-0.4, -0.2) is 22.7 Å². The van der Waals surface area contributed by atoms with E-state index in [1.54, 1.807) is 11.3 Å². The average Bonchev–Trinajstić information content (AvgIpc) is 3.34. The van der Waals surface area contributed by atoms with E-state index in [0.717, 1.165) is 22.6 Å². The maximum Gasteiger partial charge on any atom is 0.226 e. The molecule has 3 aromatic rings. The number of amides is 1. The van der Waals surface area contributed by atoms with E-state index in [4.69, 9.17) is 9.26 Å². The lowest BCUT2D eigenvalue weighted by Gasteiger charge is -2.26. The minimum absolute atomic E-state index is 0.0151. The van der Waals surface area contributed by atoms with E-state index in [1.807, 2.05) is 41.8 Å². The monoisotopic (exact) mass is 369 g/mol. The third-order valence-corrected chi connectivity index (χ3v) is 5.16. The first-order chi connectivity index (χ1) is 12.8. The largest absolute Gasteiger partial charge is 0.493 e. The highest BCUT2D eigenvalue weighted by atomic mass is 32.1. The third kappa shape index (κ3) is 3.77. The van der Waals surface area contributed by atoms with Gasteiger partial charge in [-0.25, -0.2) is 0 Å². The standard InChI is InChI=1S/C19H19N3O3S/c23-17(20-14-10-11-24-15-6-2-1-5-13(14)15)8-3-9-18-21-19(22-25-18)16-7-4-12-26-16/h1-2,4-7,12,14H,3,8-11H2,(H,20,23). The van der Waals surface area contributed by atoms with Crippen molar-refractivity contribution >= 4 is 17.2 Å². The minimum Gasteiger partial charge on any atom is -0.493 e. The summed E-state index contributed by atoms with van der Waals surface area (Å²) in [5, 5.41) is 9.07. The van der Waals surface area contributed by atoms with Gasteiger partial charge in [0, 0.05) is 24.8 Å². The van der Waals surface area contributed by atoms with Crippen molar-refractivity contribution in [3.05, 3.63) is 53.2 Å². The molecule has 0 fully saturated rings. The van der Waals surface area contributed by atoms with Crippen LogP contribution in [0.1, 0.15) is 36.8 Å². The predicted octanol–water partition coefficient (Wildman–Crippen LogP) is 3.76. The van der Waals surface area contributed by atoms with Gasteiger partial charge in [-0.2, -0.15) is 4.98 Å². The molecule has 0 radical (unpaired) electrons. The van der Waals surface area contributed by atoms with Crippen LogP contribution in [0.15, 0.2) is 46.3 Å². The van der Waals surface area contributed by atoms with Gasteiger partial charge < -0.3 is 14.6 Å². The Balaban J connectivity index is 1.27. The molecule has 1 atom stereocenters. The maximum atomic E-state index is 12.3. The Bertz CT molecular complexity index is 876. The summed E-state index contributed by atoms with van der Waals surface area (Å²) in [6, 6.07) is 11.8. The number of rotatable bonds is 6. The van der Waals surface area contributed by atoms with Gasteiger partial charge in [-0.05, 0) is 23.9 Å². The molecule has 4 rings (SSSR count). The van der Waals surface area contributed by atoms with Crippen LogP contribution in [0.5, 0.6) is 5.75 Å². The molecule has 1 amide bonds. The first kappa shape index (κ1) is 16.8. The third-order valence-electron chi connectivity index (χ3n) is 4.30. The Kier molecular flexibility index (Phi) is 4.97. The molecule has 0 saturated heterocycles. The van der Waals surface area contributed by atoms with Crippen molar-refractivity contribution in [3.63, 3.8) is 0 Å². The lowest BCUT2D eigenvalue weighted by atomic mass is 10.0. The zero-order valence-electron chi connectivity index (χ0n) is 14.2. The fraction of sp³-hybridized carbons (Fsp3) is 0.316. The van der Waals surface area contributed by atoms with Gasteiger partial charge in [-0.3, -0.25) is 4.79 Å². The van der Waals surface area contributed by atoms with Gasteiger partial charge in [0.15, 0.2) is 0 Å². The Labute approximate surface area is 155 Å². The summed E-state index contributed by atoms with van der Waals surface area (Å²) in [6.45, 7) is 0.620. The highest BCUT2D eigenvalue weighted by molar-refractivity contribution is 7.13. The van der Waals surface area contributed by atoms with Crippen molar-refractivity contribution in [2.24, 2.45) is 0 Å². The summed E-state index contributed by atoms with van der Waals surface area (Å²) in [7, 11) is 0. The van der Waals surface area contributed by atoms with Crippen LogP contribution in [0, 0.1) is 0 Å². The Morgan fingerprint density at radius 1 is 1.27 bits per heavy atom. The van der Waals surface area contributed by atoms with E-state index < -0.39 is 0 Å². The number of hydrogen-bond acceptors (Lipinski definition) is 6. The number of carbonyl (C=O) groups is 1. The zero-order valence-corrected chi connectivity index (χ0v) is 15.0. The molecule has 0 saturated carbocycles. The summed E-state index contributed by atoms with van der Waals surface area (Å²) in [4.78, 5) is 17.6. The molecule has 1 unspecified atom stereocenters. The van der Waals surface area contributed by atoms with E-state index in [1.165, 1.54) is 0 Å². The molecule has 0 spiro atoms. The van der Waals surface area contributed by atoms with Crippen molar-refractivity contribution in [1.29, 1.82) is 0 Å². The number of ether oxygens (including phenoxy) is 1. The van der Waals surface area contributed by atoms with Gasteiger partial charge in [-0.1, -0.05) is 29.4 Å². The Hall–Kier alpha value is -2.67. The Morgan fingerprint density at radius 3 is 3.08 bits per heavy atom. The topological polar surface area (TPSA) is 77.2 Å². The molecule has 1 N–H and O–H groups in total. The van der Waals surface area contributed by atoms with E-state index in [9.17, 15) is 4.79 Å². The molecule has 2 aromatic heterocycles. The molecule has 134 valence electrons. The number of aryl methyl sites for hydroxylation is 1. The number of carbonyl (C=O) groups excluding carboxylic acids is 1. The van der Waals surface area contributed by atoms with Gasteiger partial charge in [0.25, 0.3) is 0 Å². The SMILES string of the molecule is O=C(CCCc1nc(-c2cccs2)no1)NC1CCOc2ccccc21. The van der Waals surface area contributed by atoms with Crippen LogP contribution >= 0.6 is 11.3 Å². The second-order valence-corrected chi connectivity index (χ2v) is 7.09. The summed E-state index contributed by atoms with van der Waals surface area (Å²) in [6.07, 6.45) is 2.48. The second kappa shape index (κ2) is 7.70. The van der Waals surface area contributed by atoms with Gasteiger partial charge >= 0.3 is 0 Å². The second-order valence-electron chi connectivity index (χ2n) is 6.14. The number of para-hydroxylation sites is 1. The van der Waals surface area contributed by atoms with Crippen LogP contribution < -0.4 is 10.1 Å². The normalized spacial score (nSPS) is 15.9. The van der Waals surface area contributed by atoms with Crippen LogP contribution in [0.3, 0.4) is 0 Å². The molecule has 26 heavy (non-hydrogen) atoms. The molecular weight excluding hydrogens is 350 g/mol. The smallest absolute Gasteiger partial charge is 0.226 e. The van der Waals surface area contributed by atoms with Gasteiger partial charge in [0.2, 0.25) is 17.6 Å². The summed E-state index contributed by atoms with van der Waals surface area (Å²) in [5.41, 5.74) is 1.05. The summed E-state index contributed by atoms with van der Waals surface area (Å²) < 4.78 is 10.9. The van der Waals surface area contributed by atoms with Crippen LogP contribution in [-0.2, 0) is 11.2 Å².